The topological polar surface area (TPSA) is 90.0 Å². The van der Waals surface area contributed by atoms with Crippen LogP contribution in [0.5, 0.6) is 0 Å². The maximum absolute atomic E-state index is 12.3. The molecular formula is C12H15ClN4O2S. The Bertz CT molecular complexity index is 749. The normalized spacial score (nSPS) is 11.6. The fraction of sp³-hybridized carbons (Fsp3) is 0.250. The quantitative estimate of drug-likeness (QED) is 0.849. The Morgan fingerprint density at radius 2 is 2.00 bits per heavy atom. The van der Waals surface area contributed by atoms with Gasteiger partial charge < -0.3 is 10.3 Å². The van der Waals surface area contributed by atoms with E-state index in [4.69, 9.17) is 17.3 Å². The van der Waals surface area contributed by atoms with Gasteiger partial charge in [-0.15, -0.1) is 0 Å². The number of nitrogens with two attached hydrogens (primary N) is 1. The highest BCUT2D eigenvalue weighted by Gasteiger charge is 2.19. The summed E-state index contributed by atoms with van der Waals surface area (Å²) < 4.78 is 28.6. The lowest BCUT2D eigenvalue weighted by molar-refractivity contribution is 0.598. The number of nitrogen functional groups attached to an aromatic ring is 1. The lowest BCUT2D eigenvalue weighted by Crippen LogP contribution is -2.14. The first-order chi connectivity index (χ1) is 9.20. The molecule has 0 unspecified atom stereocenters. The number of sulfonamides is 1. The zero-order valence-corrected chi connectivity index (χ0v) is 12.9. The van der Waals surface area contributed by atoms with Crippen LogP contribution in [0, 0.1) is 13.8 Å². The number of halogens is 1. The van der Waals surface area contributed by atoms with Crippen LogP contribution in [0.3, 0.4) is 0 Å². The average Bonchev–Trinajstić information content (AvgIpc) is 2.67. The van der Waals surface area contributed by atoms with Gasteiger partial charge in [0.05, 0.1) is 16.4 Å². The number of benzene rings is 1. The molecule has 0 saturated heterocycles. The van der Waals surface area contributed by atoms with Gasteiger partial charge in [-0.25, -0.2) is 4.98 Å². The standard InChI is InChI=1S/C12H15ClN4O2S/c1-7-4-10(14)9(13)5-11(7)16-20(18,19)12-6-17(3)8(2)15-12/h4-6,16H,14H2,1-3H3. The molecule has 0 spiro atoms. The molecule has 8 heteroatoms. The molecule has 0 amide bonds. The van der Waals surface area contributed by atoms with Crippen molar-refractivity contribution in [2.24, 2.45) is 7.05 Å². The highest BCUT2D eigenvalue weighted by Crippen LogP contribution is 2.28. The Morgan fingerprint density at radius 1 is 1.35 bits per heavy atom. The minimum Gasteiger partial charge on any atom is -0.398 e. The van der Waals surface area contributed by atoms with Crippen molar-refractivity contribution < 1.29 is 8.42 Å². The molecule has 20 heavy (non-hydrogen) atoms. The molecule has 108 valence electrons. The van der Waals surface area contributed by atoms with E-state index >= 15 is 0 Å². The van der Waals surface area contributed by atoms with Crippen LogP contribution in [-0.2, 0) is 17.1 Å². The van der Waals surface area contributed by atoms with E-state index in [0.717, 1.165) is 0 Å². The van der Waals surface area contributed by atoms with Crippen LogP contribution >= 0.6 is 11.6 Å². The highest BCUT2D eigenvalue weighted by molar-refractivity contribution is 7.92. The number of nitrogens with zero attached hydrogens (tertiary/aromatic N) is 2. The van der Waals surface area contributed by atoms with Crippen LogP contribution in [0.15, 0.2) is 23.4 Å². The minimum absolute atomic E-state index is 0.0372. The number of aryl methyl sites for hydroxylation is 3. The Hall–Kier alpha value is -1.73. The SMILES string of the molecule is Cc1cc(N)c(Cl)cc1NS(=O)(=O)c1cn(C)c(C)n1. The summed E-state index contributed by atoms with van der Waals surface area (Å²) in [7, 11) is -2.02. The largest absolute Gasteiger partial charge is 0.398 e. The van der Waals surface area contributed by atoms with Crippen molar-refractivity contribution in [1.29, 1.82) is 0 Å². The van der Waals surface area contributed by atoms with Crippen LogP contribution in [-0.4, -0.2) is 18.0 Å². The molecule has 0 saturated carbocycles. The van der Waals surface area contributed by atoms with Gasteiger partial charge in [-0.3, -0.25) is 4.72 Å². The lowest BCUT2D eigenvalue weighted by Gasteiger charge is -2.10. The summed E-state index contributed by atoms with van der Waals surface area (Å²) in [6.07, 6.45) is 1.45. The Labute approximate surface area is 122 Å². The van der Waals surface area contributed by atoms with Gasteiger partial charge in [0.2, 0.25) is 0 Å². The zero-order valence-electron chi connectivity index (χ0n) is 11.3. The molecule has 0 aliphatic heterocycles. The van der Waals surface area contributed by atoms with Gasteiger partial charge in [0.25, 0.3) is 10.0 Å². The minimum atomic E-state index is -3.75. The smallest absolute Gasteiger partial charge is 0.280 e. The molecule has 0 aliphatic rings. The third-order valence-corrected chi connectivity index (χ3v) is 4.51. The average molecular weight is 315 g/mol. The molecule has 2 rings (SSSR count). The van der Waals surface area contributed by atoms with Crippen LogP contribution in [0.25, 0.3) is 0 Å². The molecule has 1 heterocycles. The second-order valence-corrected chi connectivity index (χ2v) is 6.57. The second kappa shape index (κ2) is 4.99. The Kier molecular flexibility index (Phi) is 3.66. The molecule has 0 atom stereocenters. The van der Waals surface area contributed by atoms with Gasteiger partial charge in [0.1, 0.15) is 5.82 Å². The van der Waals surface area contributed by atoms with Crippen molar-refractivity contribution >= 4 is 33.0 Å². The molecule has 0 bridgehead atoms. The maximum atomic E-state index is 12.3. The first-order valence-electron chi connectivity index (χ1n) is 5.79. The fourth-order valence-electron chi connectivity index (χ4n) is 1.67. The van der Waals surface area contributed by atoms with Gasteiger partial charge in [0.15, 0.2) is 5.03 Å². The molecule has 1 aromatic heterocycles. The van der Waals surface area contributed by atoms with Crippen LogP contribution in [0.2, 0.25) is 5.02 Å². The van der Waals surface area contributed by atoms with Crippen molar-refractivity contribution in [2.75, 3.05) is 10.5 Å². The van der Waals surface area contributed by atoms with E-state index in [1.165, 1.54) is 12.3 Å². The van der Waals surface area contributed by atoms with Crippen molar-refractivity contribution in [1.82, 2.24) is 9.55 Å². The second-order valence-electron chi connectivity index (χ2n) is 4.53. The summed E-state index contributed by atoms with van der Waals surface area (Å²) >= 11 is 5.91. The van der Waals surface area contributed by atoms with E-state index in [0.29, 0.717) is 27.8 Å². The van der Waals surface area contributed by atoms with Gasteiger partial charge in [-0.1, -0.05) is 11.6 Å². The van der Waals surface area contributed by atoms with Crippen molar-refractivity contribution in [2.45, 2.75) is 18.9 Å². The summed E-state index contributed by atoms with van der Waals surface area (Å²) in [5.74, 6) is 0.609. The molecular weight excluding hydrogens is 300 g/mol. The predicted octanol–water partition coefficient (Wildman–Crippen LogP) is 2.07. The number of hydrogen-bond donors (Lipinski definition) is 2. The number of hydrogen-bond acceptors (Lipinski definition) is 4. The monoisotopic (exact) mass is 314 g/mol. The van der Waals surface area contributed by atoms with Crippen molar-refractivity contribution in [3.63, 3.8) is 0 Å². The third-order valence-electron chi connectivity index (χ3n) is 2.95. The molecule has 0 aliphatic carbocycles. The Morgan fingerprint density at radius 3 is 2.55 bits per heavy atom. The molecule has 0 fully saturated rings. The van der Waals surface area contributed by atoms with Gasteiger partial charge in [0, 0.05) is 13.2 Å². The van der Waals surface area contributed by atoms with E-state index in [9.17, 15) is 8.42 Å². The molecule has 6 nitrogen and oxygen atoms in total. The maximum Gasteiger partial charge on any atom is 0.280 e. The van der Waals surface area contributed by atoms with Crippen molar-refractivity contribution in [3.05, 3.63) is 34.7 Å². The summed E-state index contributed by atoms with van der Waals surface area (Å²) in [5.41, 5.74) is 7.13. The summed E-state index contributed by atoms with van der Waals surface area (Å²) in [6.45, 7) is 3.47. The number of nitrogens with one attached hydrogen (secondary N) is 1. The molecule has 0 radical (unpaired) electrons. The molecule has 2 aromatic rings. The van der Waals surface area contributed by atoms with Crippen LogP contribution in [0.1, 0.15) is 11.4 Å². The molecule has 3 N–H and O–H groups in total. The Balaban J connectivity index is 2.40. The summed E-state index contributed by atoms with van der Waals surface area (Å²) in [5, 5.41) is 0.260. The highest BCUT2D eigenvalue weighted by atomic mass is 35.5. The number of aromatic nitrogens is 2. The van der Waals surface area contributed by atoms with Crippen LogP contribution < -0.4 is 10.5 Å². The predicted molar refractivity (Wildman–Crippen MR) is 79.4 cm³/mol. The van der Waals surface area contributed by atoms with E-state index < -0.39 is 10.0 Å². The zero-order chi connectivity index (χ0) is 15.1. The van der Waals surface area contributed by atoms with Gasteiger partial charge in [-0.05, 0) is 31.5 Å². The van der Waals surface area contributed by atoms with Gasteiger partial charge in [-0.2, -0.15) is 8.42 Å². The summed E-state index contributed by atoms with van der Waals surface area (Å²) in [6, 6.07) is 3.10. The molecule has 1 aromatic carbocycles. The fourth-order valence-corrected chi connectivity index (χ4v) is 2.99. The first-order valence-corrected chi connectivity index (χ1v) is 7.65. The third kappa shape index (κ3) is 2.73. The summed E-state index contributed by atoms with van der Waals surface area (Å²) in [4.78, 5) is 4.00. The van der Waals surface area contributed by atoms with E-state index in [2.05, 4.69) is 9.71 Å². The van der Waals surface area contributed by atoms with E-state index in [-0.39, 0.29) is 5.03 Å². The van der Waals surface area contributed by atoms with Crippen molar-refractivity contribution in [3.8, 4) is 0 Å². The van der Waals surface area contributed by atoms with Gasteiger partial charge >= 0.3 is 0 Å². The number of rotatable bonds is 3. The number of anilines is 2. The number of imidazole rings is 1. The van der Waals surface area contributed by atoms with E-state index in [1.807, 2.05) is 0 Å². The van der Waals surface area contributed by atoms with E-state index in [1.54, 1.807) is 31.5 Å². The lowest BCUT2D eigenvalue weighted by atomic mass is 10.2. The van der Waals surface area contributed by atoms with Crippen LogP contribution in [0.4, 0.5) is 11.4 Å². The first kappa shape index (κ1) is 14.7.